The van der Waals surface area contributed by atoms with Crippen LogP contribution in [0.4, 0.5) is 11.4 Å². The molecule has 0 spiro atoms. The highest BCUT2D eigenvalue weighted by Crippen LogP contribution is 2.25. The molecule has 2 N–H and O–H groups in total. The number of amides is 1. The maximum Gasteiger partial charge on any atom is 0.288 e. The lowest BCUT2D eigenvalue weighted by Crippen LogP contribution is -2.34. The first-order valence-corrected chi connectivity index (χ1v) is 7.83. The van der Waals surface area contributed by atoms with Crippen LogP contribution in [-0.2, 0) is 0 Å². The van der Waals surface area contributed by atoms with E-state index < -0.39 is 10.8 Å². The van der Waals surface area contributed by atoms with Crippen LogP contribution in [0.5, 0.6) is 0 Å². The van der Waals surface area contributed by atoms with E-state index in [1.807, 2.05) is 0 Å². The van der Waals surface area contributed by atoms with E-state index in [2.05, 4.69) is 10.6 Å². The van der Waals surface area contributed by atoms with Crippen LogP contribution in [0.2, 0.25) is 15.1 Å². The van der Waals surface area contributed by atoms with Crippen LogP contribution >= 0.6 is 47.0 Å². The number of hydrogen-bond acceptors (Lipinski definition) is 4. The molecule has 6 nitrogen and oxygen atoms in total. The first kappa shape index (κ1) is 18.4. The molecule has 0 radical (unpaired) electrons. The predicted octanol–water partition coefficient (Wildman–Crippen LogP) is 4.68. The summed E-state index contributed by atoms with van der Waals surface area (Å²) in [5.74, 6) is -0.625. The average Bonchev–Trinajstić information content (AvgIpc) is 2.45. The largest absolute Gasteiger partial charge is 0.332 e. The number of anilines is 1. The van der Waals surface area contributed by atoms with Gasteiger partial charge in [-0.15, -0.1) is 0 Å². The number of thiocarbonyl (C=S) groups is 1. The van der Waals surface area contributed by atoms with Crippen molar-refractivity contribution in [2.75, 3.05) is 5.32 Å². The van der Waals surface area contributed by atoms with Crippen molar-refractivity contribution in [3.63, 3.8) is 0 Å². The molecule has 0 saturated heterocycles. The van der Waals surface area contributed by atoms with E-state index in [0.29, 0.717) is 15.7 Å². The fourth-order valence-corrected chi connectivity index (χ4v) is 2.68. The monoisotopic (exact) mass is 403 g/mol. The summed E-state index contributed by atoms with van der Waals surface area (Å²) in [5.41, 5.74) is 0.157. The van der Waals surface area contributed by atoms with Gasteiger partial charge in [-0.3, -0.25) is 20.2 Å². The summed E-state index contributed by atoms with van der Waals surface area (Å²) in [6.07, 6.45) is 0. The number of benzene rings is 2. The zero-order chi connectivity index (χ0) is 17.9. The number of nitrogens with one attached hydrogen (secondary N) is 2. The number of nitro benzene ring substituents is 1. The Bertz CT molecular complexity index is 825. The van der Waals surface area contributed by atoms with Gasteiger partial charge in [-0.1, -0.05) is 34.8 Å². The second-order valence-corrected chi connectivity index (χ2v) is 6.18. The quantitative estimate of drug-likeness (QED) is 0.441. The number of hydrogen-bond donors (Lipinski definition) is 2. The fourth-order valence-electron chi connectivity index (χ4n) is 1.76. The van der Waals surface area contributed by atoms with Gasteiger partial charge in [-0.25, -0.2) is 0 Å². The van der Waals surface area contributed by atoms with Crippen molar-refractivity contribution in [2.24, 2.45) is 0 Å². The van der Waals surface area contributed by atoms with E-state index in [-0.39, 0.29) is 21.4 Å². The summed E-state index contributed by atoms with van der Waals surface area (Å²) in [5, 5.41) is 16.7. The topological polar surface area (TPSA) is 84.3 Å². The van der Waals surface area contributed by atoms with Crippen molar-refractivity contribution in [3.05, 3.63) is 67.1 Å². The molecule has 124 valence electrons. The number of halogens is 3. The van der Waals surface area contributed by atoms with Gasteiger partial charge in [0.2, 0.25) is 0 Å². The molecule has 0 aliphatic rings. The summed E-state index contributed by atoms with van der Waals surface area (Å²) in [6.45, 7) is 0. The Hall–Kier alpha value is -1.93. The van der Waals surface area contributed by atoms with Gasteiger partial charge in [-0.2, -0.15) is 0 Å². The molecule has 2 aromatic rings. The third-order valence-electron chi connectivity index (χ3n) is 2.75. The van der Waals surface area contributed by atoms with Crippen LogP contribution in [-0.4, -0.2) is 15.9 Å². The van der Waals surface area contributed by atoms with Crippen LogP contribution in [0.25, 0.3) is 0 Å². The van der Waals surface area contributed by atoms with Gasteiger partial charge in [-0.05, 0) is 42.5 Å². The normalized spacial score (nSPS) is 10.1. The lowest BCUT2D eigenvalue weighted by atomic mass is 10.2. The molecule has 0 heterocycles. The molecule has 0 bridgehead atoms. The highest BCUT2D eigenvalue weighted by atomic mass is 35.5. The molecular formula is C14H8Cl3N3O3S. The molecule has 0 atom stereocenters. The molecule has 0 unspecified atom stereocenters. The highest BCUT2D eigenvalue weighted by molar-refractivity contribution is 7.80. The molecule has 2 aromatic carbocycles. The molecule has 2 rings (SSSR count). The summed E-state index contributed by atoms with van der Waals surface area (Å²) >= 11 is 22.5. The Balaban J connectivity index is 2.10. The van der Waals surface area contributed by atoms with Crippen LogP contribution in [0.15, 0.2) is 36.4 Å². The zero-order valence-corrected chi connectivity index (χ0v) is 14.8. The minimum atomic E-state index is -0.677. The van der Waals surface area contributed by atoms with E-state index >= 15 is 0 Å². The second kappa shape index (κ2) is 7.76. The van der Waals surface area contributed by atoms with Crippen LogP contribution in [0.3, 0.4) is 0 Å². The third-order valence-corrected chi connectivity index (χ3v) is 3.71. The van der Waals surface area contributed by atoms with E-state index in [1.54, 1.807) is 18.2 Å². The Kier molecular flexibility index (Phi) is 5.95. The SMILES string of the molecule is O=C(NC(=S)Nc1cc(Cl)cc(Cl)c1)c1ccc(Cl)c([N+](=O)[O-])c1. The fraction of sp³-hybridized carbons (Fsp3) is 0. The van der Waals surface area contributed by atoms with E-state index in [9.17, 15) is 14.9 Å². The highest BCUT2D eigenvalue weighted by Gasteiger charge is 2.17. The molecule has 0 saturated carbocycles. The molecule has 0 aromatic heterocycles. The predicted molar refractivity (Wildman–Crippen MR) is 98.3 cm³/mol. The number of carbonyl (C=O) groups excluding carboxylic acids is 1. The molecule has 1 amide bonds. The van der Waals surface area contributed by atoms with Crippen molar-refractivity contribution in [3.8, 4) is 0 Å². The smallest absolute Gasteiger partial charge is 0.288 e. The summed E-state index contributed by atoms with van der Waals surface area (Å²) in [4.78, 5) is 22.3. The Morgan fingerprint density at radius 3 is 2.29 bits per heavy atom. The molecule has 10 heteroatoms. The van der Waals surface area contributed by atoms with Gasteiger partial charge in [0.05, 0.1) is 4.92 Å². The van der Waals surface area contributed by atoms with Crippen molar-refractivity contribution in [2.45, 2.75) is 0 Å². The maximum absolute atomic E-state index is 12.1. The van der Waals surface area contributed by atoms with Crippen LogP contribution in [0.1, 0.15) is 10.4 Å². The van der Waals surface area contributed by atoms with Crippen molar-refractivity contribution < 1.29 is 9.72 Å². The molecule has 0 aliphatic heterocycles. The van der Waals surface area contributed by atoms with E-state index in [4.69, 9.17) is 47.0 Å². The number of nitro groups is 1. The van der Waals surface area contributed by atoms with E-state index in [0.717, 1.165) is 6.07 Å². The van der Waals surface area contributed by atoms with Gasteiger partial charge in [0, 0.05) is 27.4 Å². The first-order valence-electron chi connectivity index (χ1n) is 6.28. The minimum absolute atomic E-state index is 0.0177. The van der Waals surface area contributed by atoms with Gasteiger partial charge < -0.3 is 5.32 Å². The Morgan fingerprint density at radius 1 is 1.08 bits per heavy atom. The summed E-state index contributed by atoms with van der Waals surface area (Å²) < 4.78 is 0. The van der Waals surface area contributed by atoms with Crippen molar-refractivity contribution in [1.29, 1.82) is 0 Å². The standard InChI is InChI=1S/C14H8Cl3N3O3S/c15-8-4-9(16)6-10(5-8)18-14(24)19-13(21)7-1-2-11(17)12(3-7)20(22)23/h1-6H,(H2,18,19,21,24). The van der Waals surface area contributed by atoms with Crippen molar-refractivity contribution >= 4 is 69.4 Å². The van der Waals surface area contributed by atoms with Crippen LogP contribution < -0.4 is 10.6 Å². The average molecular weight is 405 g/mol. The Labute approximate surface area is 156 Å². The maximum atomic E-state index is 12.1. The number of carbonyl (C=O) groups is 1. The van der Waals surface area contributed by atoms with Gasteiger partial charge in [0.25, 0.3) is 11.6 Å². The summed E-state index contributed by atoms with van der Waals surface area (Å²) in [6, 6.07) is 8.36. The lowest BCUT2D eigenvalue weighted by Gasteiger charge is -2.10. The first-order chi connectivity index (χ1) is 11.3. The number of rotatable bonds is 3. The van der Waals surface area contributed by atoms with Crippen molar-refractivity contribution in [1.82, 2.24) is 5.32 Å². The molecular weight excluding hydrogens is 397 g/mol. The summed E-state index contributed by atoms with van der Waals surface area (Å²) in [7, 11) is 0. The third kappa shape index (κ3) is 4.78. The van der Waals surface area contributed by atoms with E-state index in [1.165, 1.54) is 12.1 Å². The molecule has 0 aliphatic carbocycles. The van der Waals surface area contributed by atoms with Gasteiger partial charge in [0.1, 0.15) is 5.02 Å². The van der Waals surface area contributed by atoms with Crippen LogP contribution in [0, 0.1) is 10.1 Å². The number of nitrogens with zero attached hydrogens (tertiary/aromatic N) is 1. The Morgan fingerprint density at radius 2 is 1.71 bits per heavy atom. The minimum Gasteiger partial charge on any atom is -0.332 e. The molecule has 0 fully saturated rings. The lowest BCUT2D eigenvalue weighted by molar-refractivity contribution is -0.384. The van der Waals surface area contributed by atoms with Gasteiger partial charge >= 0.3 is 0 Å². The molecule has 24 heavy (non-hydrogen) atoms. The zero-order valence-electron chi connectivity index (χ0n) is 11.7. The van der Waals surface area contributed by atoms with Gasteiger partial charge in [0.15, 0.2) is 5.11 Å². The second-order valence-electron chi connectivity index (χ2n) is 4.49.